The number of H-pyrrole nitrogens is 1. The van der Waals surface area contributed by atoms with E-state index in [0.717, 1.165) is 16.5 Å². The number of fused-ring (bicyclic) bond motifs is 1. The number of aryl methyl sites for hydroxylation is 1. The highest BCUT2D eigenvalue weighted by Gasteiger charge is 2.05. The number of hydrogen-bond donors (Lipinski definition) is 2. The van der Waals surface area contributed by atoms with E-state index < -0.39 is 5.91 Å². The molecule has 0 atom stereocenters. The molecule has 0 bridgehead atoms. The summed E-state index contributed by atoms with van der Waals surface area (Å²) in [7, 11) is 0. The molecule has 4 heteroatoms. The Kier molecular flexibility index (Phi) is 2.48. The van der Waals surface area contributed by atoms with Crippen LogP contribution in [0.3, 0.4) is 0 Å². The zero-order valence-electron chi connectivity index (χ0n) is 8.75. The molecule has 2 rings (SSSR count). The fraction of sp³-hybridized carbons (Fsp3) is 0.0833. The van der Waals surface area contributed by atoms with Crippen LogP contribution in [0.1, 0.15) is 11.1 Å². The average Bonchev–Trinajstić information content (AvgIpc) is 2.57. The molecule has 1 aromatic carbocycles. The minimum Gasteiger partial charge on any atom is -0.366 e. The molecule has 0 fully saturated rings. The summed E-state index contributed by atoms with van der Waals surface area (Å²) in [5.74, 6) is -0.889. The number of aromatic amines is 1. The predicted molar refractivity (Wildman–Crippen MR) is 61.2 cm³/mol. The lowest BCUT2D eigenvalue weighted by atomic mass is 10.1. The Balaban J connectivity index is 2.64. The van der Waals surface area contributed by atoms with Crippen molar-refractivity contribution in [2.24, 2.45) is 5.73 Å². The lowest BCUT2D eigenvalue weighted by Gasteiger charge is -1.98. The van der Waals surface area contributed by atoms with Crippen molar-refractivity contribution in [1.29, 1.82) is 0 Å². The quantitative estimate of drug-likeness (QED) is 0.745. The number of halogens is 1. The van der Waals surface area contributed by atoms with Gasteiger partial charge in [-0.15, -0.1) is 0 Å². The summed E-state index contributed by atoms with van der Waals surface area (Å²) in [6.45, 7) is 1.89. The molecule has 3 N–H and O–H groups in total. The van der Waals surface area contributed by atoms with Crippen LogP contribution in [0.25, 0.3) is 17.0 Å². The van der Waals surface area contributed by atoms with E-state index in [1.54, 1.807) is 6.20 Å². The number of amides is 1. The van der Waals surface area contributed by atoms with Gasteiger partial charge in [-0.25, -0.2) is 4.39 Å². The first-order valence-electron chi connectivity index (χ1n) is 4.82. The SMILES string of the molecule is Cc1c[nH]c2c(C=CC(N)=O)cc(F)cc12. The second kappa shape index (κ2) is 3.81. The first kappa shape index (κ1) is 10.4. The van der Waals surface area contributed by atoms with Crippen LogP contribution in [0.15, 0.2) is 24.4 Å². The van der Waals surface area contributed by atoms with E-state index in [-0.39, 0.29) is 5.82 Å². The van der Waals surface area contributed by atoms with Gasteiger partial charge in [-0.3, -0.25) is 4.79 Å². The highest BCUT2D eigenvalue weighted by molar-refractivity contribution is 5.95. The monoisotopic (exact) mass is 218 g/mol. The minimum absolute atomic E-state index is 0.334. The number of nitrogens with one attached hydrogen (secondary N) is 1. The normalized spacial score (nSPS) is 11.4. The van der Waals surface area contributed by atoms with Gasteiger partial charge in [0.15, 0.2) is 0 Å². The lowest BCUT2D eigenvalue weighted by molar-refractivity contribution is -0.113. The molecule has 0 saturated carbocycles. The maximum atomic E-state index is 13.3. The van der Waals surface area contributed by atoms with Gasteiger partial charge in [0.2, 0.25) is 5.91 Å². The van der Waals surface area contributed by atoms with Gasteiger partial charge >= 0.3 is 0 Å². The van der Waals surface area contributed by atoms with Crippen LogP contribution in [-0.4, -0.2) is 10.9 Å². The van der Waals surface area contributed by atoms with Gasteiger partial charge in [0.1, 0.15) is 5.82 Å². The maximum absolute atomic E-state index is 13.3. The third-order valence-corrected chi connectivity index (χ3v) is 2.42. The number of primary amides is 1. The van der Waals surface area contributed by atoms with Gasteiger partial charge in [0.25, 0.3) is 0 Å². The summed E-state index contributed by atoms with van der Waals surface area (Å²) in [4.78, 5) is 13.7. The van der Waals surface area contributed by atoms with Crippen molar-refractivity contribution in [2.75, 3.05) is 0 Å². The van der Waals surface area contributed by atoms with Crippen molar-refractivity contribution in [3.05, 3.63) is 41.3 Å². The van der Waals surface area contributed by atoms with E-state index in [1.165, 1.54) is 24.3 Å². The molecule has 0 aliphatic heterocycles. The van der Waals surface area contributed by atoms with Crippen molar-refractivity contribution in [1.82, 2.24) is 4.98 Å². The molecule has 82 valence electrons. The summed E-state index contributed by atoms with van der Waals surface area (Å²) in [6, 6.07) is 2.82. The summed E-state index contributed by atoms with van der Waals surface area (Å²) in [5.41, 5.74) is 7.37. The zero-order valence-corrected chi connectivity index (χ0v) is 8.75. The summed E-state index contributed by atoms with van der Waals surface area (Å²) in [5, 5.41) is 0.809. The molecule has 3 nitrogen and oxygen atoms in total. The molecule has 16 heavy (non-hydrogen) atoms. The highest BCUT2D eigenvalue weighted by Crippen LogP contribution is 2.23. The van der Waals surface area contributed by atoms with Gasteiger partial charge in [-0.05, 0) is 30.7 Å². The van der Waals surface area contributed by atoms with E-state index in [9.17, 15) is 9.18 Å². The third-order valence-electron chi connectivity index (χ3n) is 2.42. The van der Waals surface area contributed by atoms with Crippen LogP contribution in [0.5, 0.6) is 0 Å². The van der Waals surface area contributed by atoms with E-state index in [2.05, 4.69) is 4.98 Å². The van der Waals surface area contributed by atoms with Crippen molar-refractivity contribution in [2.45, 2.75) is 6.92 Å². The number of carbonyl (C=O) groups excluding carboxylic acids is 1. The van der Waals surface area contributed by atoms with E-state index in [4.69, 9.17) is 5.73 Å². The molecule has 1 amide bonds. The molecule has 1 aromatic heterocycles. The van der Waals surface area contributed by atoms with Crippen molar-refractivity contribution < 1.29 is 9.18 Å². The number of benzene rings is 1. The highest BCUT2D eigenvalue weighted by atomic mass is 19.1. The molecular weight excluding hydrogens is 207 g/mol. The number of hydrogen-bond acceptors (Lipinski definition) is 1. The van der Waals surface area contributed by atoms with Crippen LogP contribution in [0.2, 0.25) is 0 Å². The molecule has 0 spiro atoms. The summed E-state index contributed by atoms with van der Waals surface area (Å²) >= 11 is 0. The lowest BCUT2D eigenvalue weighted by Crippen LogP contribution is -2.05. The fourth-order valence-electron chi connectivity index (χ4n) is 1.66. The van der Waals surface area contributed by atoms with Crippen LogP contribution in [0, 0.1) is 12.7 Å². The van der Waals surface area contributed by atoms with Gasteiger partial charge in [-0.1, -0.05) is 0 Å². The summed E-state index contributed by atoms with van der Waals surface area (Å²) < 4.78 is 13.3. The maximum Gasteiger partial charge on any atom is 0.241 e. The molecule has 1 heterocycles. The third kappa shape index (κ3) is 1.82. The Labute approximate surface area is 91.8 Å². The van der Waals surface area contributed by atoms with Crippen LogP contribution in [-0.2, 0) is 4.79 Å². The Hall–Kier alpha value is -2.10. The Morgan fingerprint density at radius 1 is 1.50 bits per heavy atom. The second-order valence-corrected chi connectivity index (χ2v) is 3.62. The smallest absolute Gasteiger partial charge is 0.241 e. The number of carbonyl (C=O) groups is 1. The van der Waals surface area contributed by atoms with Crippen molar-refractivity contribution >= 4 is 22.9 Å². The van der Waals surface area contributed by atoms with Crippen molar-refractivity contribution in [3.63, 3.8) is 0 Å². The Morgan fingerprint density at radius 3 is 2.94 bits per heavy atom. The van der Waals surface area contributed by atoms with Gasteiger partial charge in [-0.2, -0.15) is 0 Å². The molecular formula is C12H11FN2O. The fourth-order valence-corrected chi connectivity index (χ4v) is 1.66. The van der Waals surface area contributed by atoms with Crippen LogP contribution in [0.4, 0.5) is 4.39 Å². The molecule has 2 aromatic rings. The standard InChI is InChI=1S/C12H11FN2O/c1-7-6-15-12-8(2-3-11(14)16)4-9(13)5-10(7)12/h2-6,15H,1H3,(H2,14,16). The average molecular weight is 218 g/mol. The topological polar surface area (TPSA) is 58.9 Å². The van der Waals surface area contributed by atoms with E-state index >= 15 is 0 Å². The van der Waals surface area contributed by atoms with Gasteiger partial charge in [0, 0.05) is 23.2 Å². The van der Waals surface area contributed by atoms with E-state index in [1.807, 2.05) is 6.92 Å². The minimum atomic E-state index is -0.555. The summed E-state index contributed by atoms with van der Waals surface area (Å²) in [6.07, 6.45) is 4.51. The number of aromatic nitrogens is 1. The largest absolute Gasteiger partial charge is 0.366 e. The second-order valence-electron chi connectivity index (χ2n) is 3.62. The van der Waals surface area contributed by atoms with Gasteiger partial charge in [0.05, 0.1) is 5.52 Å². The molecule has 0 aliphatic carbocycles. The molecule has 0 aliphatic rings. The predicted octanol–water partition coefficient (Wildman–Crippen LogP) is 2.11. The number of nitrogens with two attached hydrogens (primary N) is 1. The zero-order chi connectivity index (χ0) is 11.7. The molecule has 0 radical (unpaired) electrons. The van der Waals surface area contributed by atoms with Gasteiger partial charge < -0.3 is 10.7 Å². The first-order valence-corrected chi connectivity index (χ1v) is 4.82. The van der Waals surface area contributed by atoms with E-state index in [0.29, 0.717) is 5.56 Å². The Morgan fingerprint density at radius 2 is 2.25 bits per heavy atom. The van der Waals surface area contributed by atoms with Crippen molar-refractivity contribution in [3.8, 4) is 0 Å². The first-order chi connectivity index (χ1) is 7.58. The van der Waals surface area contributed by atoms with Crippen LogP contribution >= 0.6 is 0 Å². The number of rotatable bonds is 2. The Bertz CT molecular complexity index is 584. The molecule has 0 saturated heterocycles. The van der Waals surface area contributed by atoms with Crippen LogP contribution < -0.4 is 5.73 Å². The molecule has 0 unspecified atom stereocenters.